The highest BCUT2D eigenvalue weighted by atomic mass is 16.3. The highest BCUT2D eigenvalue weighted by Gasteiger charge is 1.97. The van der Waals surface area contributed by atoms with E-state index in [9.17, 15) is 0 Å². The van der Waals surface area contributed by atoms with Crippen molar-refractivity contribution in [3.8, 4) is 0 Å². The smallest absolute Gasteiger partial charge is 0.123 e. The molecule has 0 aliphatic carbocycles. The third-order valence-electron chi connectivity index (χ3n) is 0.846. The Labute approximate surface area is 55.0 Å². The summed E-state index contributed by atoms with van der Waals surface area (Å²) in [5.74, 6) is 0. The maximum atomic E-state index is 8.77. The van der Waals surface area contributed by atoms with Gasteiger partial charge in [0.05, 0.1) is 6.10 Å². The van der Waals surface area contributed by atoms with Crippen molar-refractivity contribution in [1.29, 1.82) is 0 Å². The number of aliphatic hydroxyl groups excluding tert-OH is 2. The molecule has 0 aromatic rings. The van der Waals surface area contributed by atoms with Crippen LogP contribution in [0.25, 0.3) is 0 Å². The summed E-state index contributed by atoms with van der Waals surface area (Å²) in [5.41, 5.74) is 0. The van der Waals surface area contributed by atoms with Gasteiger partial charge in [-0.2, -0.15) is 0 Å². The molecular weight excluding hydrogens is 118 g/mol. The fraction of sp³-hybridized carbons (Fsp3) is 0.667. The molecule has 0 fully saturated rings. The number of aliphatic hydroxyl groups is 2. The minimum atomic E-state index is -0.709. The summed E-state index contributed by atoms with van der Waals surface area (Å²) < 4.78 is 0. The van der Waals surface area contributed by atoms with Crippen LogP contribution in [0.1, 0.15) is 6.92 Å². The predicted octanol–water partition coefficient (Wildman–Crippen LogP) is -0.539. The van der Waals surface area contributed by atoms with Crippen LogP contribution in [-0.2, 0) is 0 Å². The molecular formula is C6H13NO2. The minimum Gasteiger partial charge on any atom is -0.392 e. The summed E-state index contributed by atoms with van der Waals surface area (Å²) in [6.45, 7) is 5.37. The molecule has 54 valence electrons. The average molecular weight is 131 g/mol. The van der Waals surface area contributed by atoms with Gasteiger partial charge < -0.3 is 10.2 Å². The maximum absolute atomic E-state index is 8.77. The van der Waals surface area contributed by atoms with Crippen molar-refractivity contribution >= 4 is 0 Å². The number of hydrogen-bond donors (Lipinski definition) is 3. The van der Waals surface area contributed by atoms with Crippen LogP contribution in [-0.4, -0.2) is 29.1 Å². The molecule has 2 unspecified atom stereocenters. The summed E-state index contributed by atoms with van der Waals surface area (Å²) in [6.07, 6.45) is 0.224. The second-order valence-corrected chi connectivity index (χ2v) is 1.94. The van der Waals surface area contributed by atoms with Crippen molar-refractivity contribution in [2.45, 2.75) is 19.3 Å². The van der Waals surface area contributed by atoms with Gasteiger partial charge in [-0.15, -0.1) is 0 Å². The van der Waals surface area contributed by atoms with Gasteiger partial charge in [-0.1, -0.05) is 6.58 Å². The molecule has 0 saturated carbocycles. The van der Waals surface area contributed by atoms with Gasteiger partial charge in [0, 0.05) is 6.54 Å². The molecule has 2 atom stereocenters. The summed E-state index contributed by atoms with van der Waals surface area (Å²) >= 11 is 0. The van der Waals surface area contributed by atoms with Crippen LogP contribution in [0, 0.1) is 0 Å². The standard InChI is InChI=1S/C6H13NO2/c1-3-6(9)7-4-5(2)8/h3,5-9H,1,4H2,2H3. The van der Waals surface area contributed by atoms with E-state index in [0.29, 0.717) is 6.54 Å². The van der Waals surface area contributed by atoms with Crippen molar-refractivity contribution in [2.75, 3.05) is 6.54 Å². The quantitative estimate of drug-likeness (QED) is 0.355. The third-order valence-corrected chi connectivity index (χ3v) is 0.846. The van der Waals surface area contributed by atoms with E-state index < -0.39 is 12.3 Å². The molecule has 0 aromatic heterocycles. The van der Waals surface area contributed by atoms with Gasteiger partial charge in [0.1, 0.15) is 6.23 Å². The predicted molar refractivity (Wildman–Crippen MR) is 35.9 cm³/mol. The fourth-order valence-corrected chi connectivity index (χ4v) is 0.375. The summed E-state index contributed by atoms with van der Waals surface area (Å²) in [4.78, 5) is 0. The zero-order chi connectivity index (χ0) is 7.28. The van der Waals surface area contributed by atoms with E-state index in [1.165, 1.54) is 6.08 Å². The van der Waals surface area contributed by atoms with Crippen LogP contribution in [0.3, 0.4) is 0 Å². The first kappa shape index (κ1) is 8.62. The summed E-state index contributed by atoms with van der Waals surface area (Å²) in [6, 6.07) is 0. The van der Waals surface area contributed by atoms with E-state index in [1.807, 2.05) is 0 Å². The van der Waals surface area contributed by atoms with E-state index in [-0.39, 0.29) is 0 Å². The molecule has 0 rings (SSSR count). The Balaban J connectivity index is 3.16. The normalized spacial score (nSPS) is 16.8. The molecule has 3 nitrogen and oxygen atoms in total. The summed E-state index contributed by atoms with van der Waals surface area (Å²) in [5, 5.41) is 20.1. The SMILES string of the molecule is C=CC(O)NCC(C)O. The van der Waals surface area contributed by atoms with Gasteiger partial charge in [-0.05, 0) is 13.0 Å². The Morgan fingerprint density at radius 2 is 2.22 bits per heavy atom. The van der Waals surface area contributed by atoms with Crippen molar-refractivity contribution in [3.05, 3.63) is 12.7 Å². The lowest BCUT2D eigenvalue weighted by atomic mass is 10.4. The molecule has 0 aliphatic rings. The van der Waals surface area contributed by atoms with Gasteiger partial charge in [-0.3, -0.25) is 5.32 Å². The number of nitrogens with one attached hydrogen (secondary N) is 1. The molecule has 0 heterocycles. The summed E-state index contributed by atoms with van der Waals surface area (Å²) in [7, 11) is 0. The maximum Gasteiger partial charge on any atom is 0.123 e. The first-order valence-corrected chi connectivity index (χ1v) is 2.89. The van der Waals surface area contributed by atoms with Crippen LogP contribution in [0.15, 0.2) is 12.7 Å². The monoisotopic (exact) mass is 131 g/mol. The molecule has 3 N–H and O–H groups in total. The van der Waals surface area contributed by atoms with Gasteiger partial charge in [0.2, 0.25) is 0 Å². The van der Waals surface area contributed by atoms with E-state index in [1.54, 1.807) is 6.92 Å². The third kappa shape index (κ3) is 5.49. The Kier molecular flexibility index (Phi) is 4.30. The molecule has 0 aliphatic heterocycles. The van der Waals surface area contributed by atoms with Crippen LogP contribution in [0.4, 0.5) is 0 Å². The van der Waals surface area contributed by atoms with Crippen LogP contribution in [0.2, 0.25) is 0 Å². The molecule has 0 saturated heterocycles. The lowest BCUT2D eigenvalue weighted by Gasteiger charge is -2.08. The van der Waals surface area contributed by atoms with Crippen molar-refractivity contribution in [3.63, 3.8) is 0 Å². The Morgan fingerprint density at radius 3 is 2.56 bits per heavy atom. The molecule has 0 radical (unpaired) electrons. The number of hydrogen-bond acceptors (Lipinski definition) is 3. The fourth-order valence-electron chi connectivity index (χ4n) is 0.375. The molecule has 3 heteroatoms. The van der Waals surface area contributed by atoms with Crippen LogP contribution < -0.4 is 5.32 Å². The molecule has 0 amide bonds. The molecule has 0 aromatic carbocycles. The first-order valence-electron chi connectivity index (χ1n) is 2.89. The van der Waals surface area contributed by atoms with Crippen molar-refractivity contribution in [2.24, 2.45) is 0 Å². The Bertz CT molecular complexity index is 83.1. The lowest BCUT2D eigenvalue weighted by molar-refractivity contribution is 0.138. The van der Waals surface area contributed by atoms with E-state index in [0.717, 1.165) is 0 Å². The molecule has 0 spiro atoms. The average Bonchev–Trinajstić information content (AvgIpc) is 1.83. The van der Waals surface area contributed by atoms with Gasteiger partial charge in [-0.25, -0.2) is 0 Å². The second kappa shape index (κ2) is 4.49. The van der Waals surface area contributed by atoms with Gasteiger partial charge >= 0.3 is 0 Å². The first-order chi connectivity index (χ1) is 4.16. The van der Waals surface area contributed by atoms with Gasteiger partial charge in [0.25, 0.3) is 0 Å². The van der Waals surface area contributed by atoms with Crippen LogP contribution in [0.5, 0.6) is 0 Å². The zero-order valence-corrected chi connectivity index (χ0v) is 5.54. The minimum absolute atomic E-state index is 0.382. The van der Waals surface area contributed by atoms with E-state index in [2.05, 4.69) is 11.9 Å². The largest absolute Gasteiger partial charge is 0.392 e. The van der Waals surface area contributed by atoms with Crippen molar-refractivity contribution < 1.29 is 10.2 Å². The topological polar surface area (TPSA) is 52.5 Å². The second-order valence-electron chi connectivity index (χ2n) is 1.94. The van der Waals surface area contributed by atoms with E-state index >= 15 is 0 Å². The van der Waals surface area contributed by atoms with Gasteiger partial charge in [0.15, 0.2) is 0 Å². The number of rotatable bonds is 4. The zero-order valence-electron chi connectivity index (χ0n) is 5.54. The van der Waals surface area contributed by atoms with Crippen molar-refractivity contribution in [1.82, 2.24) is 5.32 Å². The Morgan fingerprint density at radius 1 is 1.67 bits per heavy atom. The Hall–Kier alpha value is -0.380. The highest BCUT2D eigenvalue weighted by Crippen LogP contribution is 1.79. The lowest BCUT2D eigenvalue weighted by Crippen LogP contribution is -2.32. The van der Waals surface area contributed by atoms with Crippen LogP contribution >= 0.6 is 0 Å². The highest BCUT2D eigenvalue weighted by molar-refractivity contribution is 4.75. The van der Waals surface area contributed by atoms with E-state index in [4.69, 9.17) is 10.2 Å². The molecule has 9 heavy (non-hydrogen) atoms. The molecule has 0 bridgehead atoms.